The summed E-state index contributed by atoms with van der Waals surface area (Å²) in [5.74, 6) is 0. The van der Waals surface area contributed by atoms with Gasteiger partial charge in [0.05, 0.1) is 6.61 Å². The monoisotopic (exact) mass is 146 g/mol. The third kappa shape index (κ3) is 4.73. The number of hydrogen-bond acceptors (Lipinski definition) is 3. The minimum Gasteiger partial charge on any atom is -0.395 e. The van der Waals surface area contributed by atoms with Crippen LogP contribution in [0.4, 0.5) is 0 Å². The molecule has 0 bridgehead atoms. The first-order valence-electron chi connectivity index (χ1n) is 3.56. The van der Waals surface area contributed by atoms with Crippen molar-refractivity contribution in [3.8, 4) is 0 Å². The first-order chi connectivity index (χ1) is 4.49. The topological polar surface area (TPSA) is 58.3 Å². The minimum absolute atomic E-state index is 0.125. The highest BCUT2D eigenvalue weighted by molar-refractivity contribution is 4.79. The molecule has 0 heterocycles. The number of rotatable bonds is 4. The maximum absolute atomic E-state index is 8.77. The lowest BCUT2D eigenvalue weighted by Crippen LogP contribution is -2.42. The Morgan fingerprint density at radius 2 is 2.10 bits per heavy atom. The Balaban J connectivity index is 3.63. The fourth-order valence-electron chi connectivity index (χ4n) is 0.893. The summed E-state index contributed by atoms with van der Waals surface area (Å²) in [4.78, 5) is 0. The van der Waals surface area contributed by atoms with E-state index in [0.29, 0.717) is 0 Å². The average molecular weight is 146 g/mol. The van der Waals surface area contributed by atoms with Crippen LogP contribution in [0.1, 0.15) is 20.3 Å². The van der Waals surface area contributed by atoms with E-state index in [1.807, 2.05) is 20.9 Å². The summed E-state index contributed by atoms with van der Waals surface area (Å²) >= 11 is 0. The maximum atomic E-state index is 8.77. The van der Waals surface area contributed by atoms with Gasteiger partial charge in [-0.2, -0.15) is 0 Å². The first kappa shape index (κ1) is 9.88. The van der Waals surface area contributed by atoms with Crippen LogP contribution in [0, 0.1) is 0 Å². The lowest BCUT2D eigenvalue weighted by atomic mass is 9.97. The number of nitrogens with two attached hydrogens (primary N) is 1. The van der Waals surface area contributed by atoms with Crippen LogP contribution in [-0.4, -0.2) is 30.3 Å². The quantitative estimate of drug-likeness (QED) is 0.510. The predicted octanol–water partition coefficient (Wildman–Crippen LogP) is -0.306. The van der Waals surface area contributed by atoms with E-state index in [-0.39, 0.29) is 18.2 Å². The second kappa shape index (κ2) is 3.91. The molecule has 0 aromatic rings. The summed E-state index contributed by atoms with van der Waals surface area (Å²) in [6.07, 6.45) is 0.792. The summed E-state index contributed by atoms with van der Waals surface area (Å²) in [5.41, 5.74) is 5.54. The van der Waals surface area contributed by atoms with Crippen molar-refractivity contribution in [3.63, 3.8) is 0 Å². The van der Waals surface area contributed by atoms with E-state index in [1.54, 1.807) is 0 Å². The molecule has 0 saturated carbocycles. The molecule has 1 unspecified atom stereocenters. The Kier molecular flexibility index (Phi) is 3.86. The van der Waals surface area contributed by atoms with Crippen LogP contribution in [0.25, 0.3) is 0 Å². The van der Waals surface area contributed by atoms with Crippen LogP contribution >= 0.6 is 0 Å². The van der Waals surface area contributed by atoms with Crippen molar-refractivity contribution in [1.29, 1.82) is 0 Å². The van der Waals surface area contributed by atoms with Crippen LogP contribution < -0.4 is 11.1 Å². The molecule has 0 aliphatic carbocycles. The van der Waals surface area contributed by atoms with Gasteiger partial charge >= 0.3 is 0 Å². The fraction of sp³-hybridized carbons (Fsp3) is 1.00. The number of likely N-dealkylation sites (N-methyl/N-ethyl adjacent to an activating group) is 1. The maximum Gasteiger partial charge on any atom is 0.0585 e. The van der Waals surface area contributed by atoms with Gasteiger partial charge in [0.1, 0.15) is 0 Å². The SMILES string of the molecule is CNC(CO)CC(C)(C)N. The largest absolute Gasteiger partial charge is 0.395 e. The Morgan fingerprint density at radius 3 is 2.20 bits per heavy atom. The lowest BCUT2D eigenvalue weighted by molar-refractivity contribution is 0.223. The molecule has 0 fully saturated rings. The number of aliphatic hydroxyl groups excluding tert-OH is 1. The first-order valence-corrected chi connectivity index (χ1v) is 3.56. The minimum atomic E-state index is -0.198. The summed E-state index contributed by atoms with van der Waals surface area (Å²) in [5, 5.41) is 11.7. The molecule has 0 aliphatic rings. The molecule has 0 amide bonds. The molecule has 1 atom stereocenters. The third-order valence-electron chi connectivity index (χ3n) is 1.40. The van der Waals surface area contributed by atoms with Crippen molar-refractivity contribution in [2.45, 2.75) is 31.8 Å². The van der Waals surface area contributed by atoms with Crippen LogP contribution in [-0.2, 0) is 0 Å². The summed E-state index contributed by atoms with van der Waals surface area (Å²) in [6, 6.07) is 0.125. The summed E-state index contributed by atoms with van der Waals surface area (Å²) in [6.45, 7) is 4.05. The van der Waals surface area contributed by atoms with Gasteiger partial charge in [-0.3, -0.25) is 0 Å². The van der Waals surface area contributed by atoms with Gasteiger partial charge in [0.15, 0.2) is 0 Å². The van der Waals surface area contributed by atoms with Gasteiger partial charge in [-0.1, -0.05) is 0 Å². The molecule has 0 aromatic carbocycles. The molecule has 0 spiro atoms. The molecule has 4 N–H and O–H groups in total. The molecule has 0 aromatic heterocycles. The van der Waals surface area contributed by atoms with Crippen molar-refractivity contribution in [1.82, 2.24) is 5.32 Å². The zero-order valence-electron chi connectivity index (χ0n) is 7.02. The highest BCUT2D eigenvalue weighted by Gasteiger charge is 2.16. The number of nitrogens with one attached hydrogen (secondary N) is 1. The van der Waals surface area contributed by atoms with E-state index in [2.05, 4.69) is 5.32 Å². The Bertz CT molecular complexity index is 84.1. The van der Waals surface area contributed by atoms with Crippen LogP contribution in [0.3, 0.4) is 0 Å². The molecule has 10 heavy (non-hydrogen) atoms. The van der Waals surface area contributed by atoms with E-state index < -0.39 is 0 Å². The van der Waals surface area contributed by atoms with Crippen molar-refractivity contribution in [2.75, 3.05) is 13.7 Å². The van der Waals surface area contributed by atoms with E-state index in [4.69, 9.17) is 10.8 Å². The summed E-state index contributed by atoms with van der Waals surface area (Å²) < 4.78 is 0. The van der Waals surface area contributed by atoms with Crippen LogP contribution in [0.5, 0.6) is 0 Å². The normalized spacial score (nSPS) is 15.3. The van der Waals surface area contributed by atoms with E-state index >= 15 is 0 Å². The highest BCUT2D eigenvalue weighted by atomic mass is 16.3. The standard InChI is InChI=1S/C7H18N2O/c1-7(2,8)4-6(5-10)9-3/h6,9-10H,4-5,8H2,1-3H3. The van der Waals surface area contributed by atoms with Gasteiger partial charge in [0, 0.05) is 11.6 Å². The van der Waals surface area contributed by atoms with E-state index in [0.717, 1.165) is 6.42 Å². The van der Waals surface area contributed by atoms with Crippen molar-refractivity contribution in [2.24, 2.45) is 5.73 Å². The van der Waals surface area contributed by atoms with Crippen LogP contribution in [0.2, 0.25) is 0 Å². The van der Waals surface area contributed by atoms with Crippen molar-refractivity contribution in [3.05, 3.63) is 0 Å². The summed E-state index contributed by atoms with van der Waals surface area (Å²) in [7, 11) is 1.83. The van der Waals surface area contributed by atoms with Gasteiger partial charge in [0.2, 0.25) is 0 Å². The van der Waals surface area contributed by atoms with Crippen LogP contribution in [0.15, 0.2) is 0 Å². The average Bonchev–Trinajstić information content (AvgIpc) is 1.81. The molecule has 0 aliphatic heterocycles. The molecular formula is C7H18N2O. The third-order valence-corrected chi connectivity index (χ3v) is 1.40. The molecule has 0 radical (unpaired) electrons. The van der Waals surface area contributed by atoms with Gasteiger partial charge < -0.3 is 16.2 Å². The molecule has 0 saturated heterocycles. The smallest absolute Gasteiger partial charge is 0.0585 e. The van der Waals surface area contributed by atoms with Crippen molar-refractivity contribution < 1.29 is 5.11 Å². The fourth-order valence-corrected chi connectivity index (χ4v) is 0.893. The van der Waals surface area contributed by atoms with Crippen molar-refractivity contribution >= 4 is 0 Å². The molecular weight excluding hydrogens is 128 g/mol. The number of hydrogen-bond donors (Lipinski definition) is 3. The Morgan fingerprint density at radius 1 is 1.60 bits per heavy atom. The second-order valence-electron chi connectivity index (χ2n) is 3.36. The lowest BCUT2D eigenvalue weighted by Gasteiger charge is -2.23. The predicted molar refractivity (Wildman–Crippen MR) is 42.8 cm³/mol. The Labute approximate surface area is 62.6 Å². The van der Waals surface area contributed by atoms with Gasteiger partial charge in [-0.25, -0.2) is 0 Å². The van der Waals surface area contributed by atoms with Gasteiger partial charge in [-0.15, -0.1) is 0 Å². The second-order valence-corrected chi connectivity index (χ2v) is 3.36. The zero-order chi connectivity index (χ0) is 8.20. The highest BCUT2D eigenvalue weighted by Crippen LogP contribution is 2.06. The van der Waals surface area contributed by atoms with Gasteiger partial charge in [0.25, 0.3) is 0 Å². The van der Waals surface area contributed by atoms with E-state index in [1.165, 1.54) is 0 Å². The zero-order valence-corrected chi connectivity index (χ0v) is 7.02. The molecule has 3 heteroatoms. The van der Waals surface area contributed by atoms with Gasteiger partial charge in [-0.05, 0) is 27.3 Å². The van der Waals surface area contributed by atoms with E-state index in [9.17, 15) is 0 Å². The number of aliphatic hydroxyl groups is 1. The molecule has 0 rings (SSSR count). The molecule has 62 valence electrons. The Hall–Kier alpha value is -0.120. The molecule has 3 nitrogen and oxygen atoms in total.